The van der Waals surface area contributed by atoms with Gasteiger partial charge in [-0.3, -0.25) is 14.5 Å². The number of para-hydroxylation sites is 1. The highest BCUT2D eigenvalue weighted by Crippen LogP contribution is 2.40. The van der Waals surface area contributed by atoms with Crippen LogP contribution >= 0.6 is 0 Å². The van der Waals surface area contributed by atoms with Crippen molar-refractivity contribution in [2.75, 3.05) is 4.90 Å². The Labute approximate surface area is 133 Å². The first-order valence-electron chi connectivity index (χ1n) is 7.39. The van der Waals surface area contributed by atoms with Crippen LogP contribution in [0.25, 0.3) is 11.1 Å². The van der Waals surface area contributed by atoms with Gasteiger partial charge in [0.25, 0.3) is 5.78 Å². The maximum atomic E-state index is 12.6. The lowest BCUT2D eigenvalue weighted by Crippen LogP contribution is -2.24. The molecule has 0 N–H and O–H groups in total. The van der Waals surface area contributed by atoms with Crippen molar-refractivity contribution in [3.63, 3.8) is 0 Å². The molecule has 3 nitrogen and oxygen atoms in total. The number of hydrogen-bond acceptors (Lipinski definition) is 2. The fourth-order valence-electron chi connectivity index (χ4n) is 2.97. The lowest BCUT2D eigenvalue weighted by molar-refractivity contribution is -0.113. The molecule has 0 radical (unpaired) electrons. The van der Waals surface area contributed by atoms with Crippen molar-refractivity contribution in [2.24, 2.45) is 0 Å². The Bertz CT molecular complexity index is 901. The Morgan fingerprint density at radius 1 is 0.652 bits per heavy atom. The molecule has 1 aliphatic rings. The molecular formula is C20H13NO2. The lowest BCUT2D eigenvalue weighted by Gasteiger charge is -2.16. The topological polar surface area (TPSA) is 37.4 Å². The van der Waals surface area contributed by atoms with Gasteiger partial charge in [-0.25, -0.2) is 0 Å². The van der Waals surface area contributed by atoms with E-state index in [1.165, 1.54) is 4.90 Å². The van der Waals surface area contributed by atoms with Gasteiger partial charge >= 0.3 is 5.91 Å². The average Bonchev–Trinajstić information content (AvgIpc) is 2.88. The first kappa shape index (κ1) is 13.5. The van der Waals surface area contributed by atoms with Crippen molar-refractivity contribution < 1.29 is 9.59 Å². The van der Waals surface area contributed by atoms with E-state index in [4.69, 9.17) is 0 Å². The molecular weight excluding hydrogens is 286 g/mol. The molecule has 4 rings (SSSR count). The summed E-state index contributed by atoms with van der Waals surface area (Å²) in [6, 6.07) is 24.5. The van der Waals surface area contributed by atoms with Gasteiger partial charge in [0, 0.05) is 5.69 Å². The second-order valence-corrected chi connectivity index (χ2v) is 5.37. The Morgan fingerprint density at radius 3 is 2.00 bits per heavy atom. The molecule has 0 spiro atoms. The monoisotopic (exact) mass is 299 g/mol. The molecule has 0 aromatic heterocycles. The summed E-state index contributed by atoms with van der Waals surface area (Å²) in [6.45, 7) is 0. The van der Waals surface area contributed by atoms with E-state index in [-0.39, 0.29) is 0 Å². The summed E-state index contributed by atoms with van der Waals surface area (Å²) in [5.41, 5.74) is 3.55. The summed E-state index contributed by atoms with van der Waals surface area (Å²) in [4.78, 5) is 26.6. The minimum Gasteiger partial charge on any atom is -0.283 e. The number of carbonyl (C=O) groups is 2. The molecule has 3 heteroatoms. The summed E-state index contributed by atoms with van der Waals surface area (Å²) >= 11 is 0. The maximum absolute atomic E-state index is 12.6. The SMILES string of the molecule is O=C1C(=O)N(c2ccccc2)c2cccc(-c3ccccc3)c21. The largest absolute Gasteiger partial charge is 0.304 e. The number of hydrogen-bond donors (Lipinski definition) is 0. The summed E-state index contributed by atoms with van der Waals surface area (Å²) in [7, 11) is 0. The molecule has 1 amide bonds. The highest BCUT2D eigenvalue weighted by molar-refractivity contribution is 6.54. The van der Waals surface area contributed by atoms with Crippen LogP contribution in [0.3, 0.4) is 0 Å². The third kappa shape index (κ3) is 2.06. The number of Topliss-reactive ketones (excluding diaryl/α,β-unsaturated/α-hetero) is 1. The summed E-state index contributed by atoms with van der Waals surface area (Å²) < 4.78 is 0. The molecule has 3 aromatic rings. The van der Waals surface area contributed by atoms with E-state index < -0.39 is 11.7 Å². The fourth-order valence-corrected chi connectivity index (χ4v) is 2.97. The highest BCUT2D eigenvalue weighted by atomic mass is 16.2. The molecule has 0 bridgehead atoms. The molecule has 110 valence electrons. The van der Waals surface area contributed by atoms with Crippen LogP contribution < -0.4 is 4.90 Å². The minimum atomic E-state index is -0.505. The van der Waals surface area contributed by atoms with E-state index in [0.29, 0.717) is 16.9 Å². The van der Waals surface area contributed by atoms with Crippen molar-refractivity contribution in [1.29, 1.82) is 0 Å². The average molecular weight is 299 g/mol. The predicted octanol–water partition coefficient (Wildman–Crippen LogP) is 4.21. The molecule has 0 atom stereocenters. The van der Waals surface area contributed by atoms with Crippen molar-refractivity contribution in [3.05, 3.63) is 84.4 Å². The zero-order chi connectivity index (χ0) is 15.8. The number of carbonyl (C=O) groups excluding carboxylic acids is 2. The number of rotatable bonds is 2. The van der Waals surface area contributed by atoms with Crippen LogP contribution in [-0.2, 0) is 4.79 Å². The van der Waals surface area contributed by atoms with Gasteiger partial charge in [0.15, 0.2) is 0 Å². The van der Waals surface area contributed by atoms with Crippen LogP contribution in [-0.4, -0.2) is 11.7 Å². The van der Waals surface area contributed by atoms with E-state index in [2.05, 4.69) is 0 Å². The van der Waals surface area contributed by atoms with Gasteiger partial charge in [0.2, 0.25) is 0 Å². The highest BCUT2D eigenvalue weighted by Gasteiger charge is 2.38. The summed E-state index contributed by atoms with van der Waals surface area (Å²) in [6.07, 6.45) is 0. The van der Waals surface area contributed by atoms with Crippen LogP contribution in [0.4, 0.5) is 11.4 Å². The summed E-state index contributed by atoms with van der Waals surface area (Å²) in [5.74, 6) is -0.960. The van der Waals surface area contributed by atoms with Crippen LogP contribution in [0.5, 0.6) is 0 Å². The molecule has 0 saturated heterocycles. The van der Waals surface area contributed by atoms with E-state index in [1.54, 1.807) is 0 Å². The second-order valence-electron chi connectivity index (χ2n) is 5.37. The van der Waals surface area contributed by atoms with E-state index >= 15 is 0 Å². The van der Waals surface area contributed by atoms with Gasteiger partial charge in [-0.2, -0.15) is 0 Å². The molecule has 3 aromatic carbocycles. The number of fused-ring (bicyclic) bond motifs is 1. The molecule has 0 unspecified atom stereocenters. The number of ketones is 1. The zero-order valence-electron chi connectivity index (χ0n) is 12.3. The Hall–Kier alpha value is -3.20. The molecule has 0 fully saturated rings. The lowest BCUT2D eigenvalue weighted by atomic mass is 9.97. The molecule has 1 heterocycles. The first-order valence-corrected chi connectivity index (χ1v) is 7.39. The van der Waals surface area contributed by atoms with Crippen LogP contribution in [0.2, 0.25) is 0 Å². The van der Waals surface area contributed by atoms with Gasteiger partial charge in [-0.15, -0.1) is 0 Å². The van der Waals surface area contributed by atoms with E-state index in [1.807, 2.05) is 78.9 Å². The molecule has 1 aliphatic heterocycles. The van der Waals surface area contributed by atoms with Gasteiger partial charge < -0.3 is 0 Å². The Balaban J connectivity index is 1.94. The van der Waals surface area contributed by atoms with Gasteiger partial charge in [0.1, 0.15) is 0 Å². The fraction of sp³-hybridized carbons (Fsp3) is 0. The number of nitrogens with zero attached hydrogens (tertiary/aromatic N) is 1. The number of benzene rings is 3. The van der Waals surface area contributed by atoms with Crippen LogP contribution in [0.1, 0.15) is 10.4 Å². The third-order valence-electron chi connectivity index (χ3n) is 4.01. The normalized spacial score (nSPS) is 13.3. The standard InChI is InChI=1S/C20H13NO2/c22-19-18-16(14-8-3-1-4-9-14)12-7-13-17(18)21(20(19)23)15-10-5-2-6-11-15/h1-13H. The van der Waals surface area contributed by atoms with E-state index in [0.717, 1.165) is 11.1 Å². The van der Waals surface area contributed by atoms with Gasteiger partial charge in [0.05, 0.1) is 11.3 Å². The smallest absolute Gasteiger partial charge is 0.283 e. The summed E-state index contributed by atoms with van der Waals surface area (Å²) in [5, 5.41) is 0. The predicted molar refractivity (Wildman–Crippen MR) is 89.8 cm³/mol. The first-order chi connectivity index (χ1) is 11.3. The van der Waals surface area contributed by atoms with Crippen LogP contribution in [0, 0.1) is 0 Å². The molecule has 23 heavy (non-hydrogen) atoms. The number of anilines is 2. The molecule has 0 saturated carbocycles. The maximum Gasteiger partial charge on any atom is 0.304 e. The Kier molecular flexibility index (Phi) is 3.05. The van der Waals surface area contributed by atoms with Crippen molar-refractivity contribution in [1.82, 2.24) is 0 Å². The third-order valence-corrected chi connectivity index (χ3v) is 4.01. The van der Waals surface area contributed by atoms with Gasteiger partial charge in [-0.05, 0) is 29.3 Å². The van der Waals surface area contributed by atoms with Crippen molar-refractivity contribution >= 4 is 23.1 Å². The second kappa shape index (κ2) is 5.21. The Morgan fingerprint density at radius 2 is 1.30 bits per heavy atom. The zero-order valence-corrected chi connectivity index (χ0v) is 12.3. The van der Waals surface area contributed by atoms with Crippen molar-refractivity contribution in [2.45, 2.75) is 0 Å². The minimum absolute atomic E-state index is 0.455. The molecule has 0 aliphatic carbocycles. The van der Waals surface area contributed by atoms with Crippen molar-refractivity contribution in [3.8, 4) is 11.1 Å². The number of amides is 1. The van der Waals surface area contributed by atoms with Crippen LogP contribution in [0.15, 0.2) is 78.9 Å². The quantitative estimate of drug-likeness (QED) is 0.665. The van der Waals surface area contributed by atoms with E-state index in [9.17, 15) is 9.59 Å². The van der Waals surface area contributed by atoms with Gasteiger partial charge in [-0.1, -0.05) is 60.7 Å².